The van der Waals surface area contributed by atoms with Crippen molar-refractivity contribution in [2.45, 2.75) is 31.6 Å². The molecule has 2 aromatic rings. The number of benzene rings is 1. The maximum atomic E-state index is 8.60. The van der Waals surface area contributed by atoms with Gasteiger partial charge in [-0.3, -0.25) is 4.98 Å². The second-order valence-corrected chi connectivity index (χ2v) is 4.62. The van der Waals surface area contributed by atoms with Crippen LogP contribution in [0.3, 0.4) is 0 Å². The molecule has 2 heteroatoms. The smallest absolute Gasteiger partial charge is 0.0621 e. The molecule has 2 nitrogen and oxygen atoms in total. The third kappa shape index (κ3) is 3.93. The van der Waals surface area contributed by atoms with E-state index in [0.717, 1.165) is 25.0 Å². The minimum Gasteiger partial charge on any atom is -0.261 e. The largest absolute Gasteiger partial charge is 0.261 e. The Kier molecular flexibility index (Phi) is 5.13. The number of hydrogen-bond acceptors (Lipinski definition) is 2. The lowest BCUT2D eigenvalue weighted by Crippen LogP contribution is -2.03. The predicted molar refractivity (Wildman–Crippen MR) is 76.6 cm³/mol. The molecule has 1 atom stereocenters. The molecule has 0 N–H and O–H groups in total. The predicted octanol–water partition coefficient (Wildman–Crippen LogP) is 4.30. The van der Waals surface area contributed by atoms with Gasteiger partial charge < -0.3 is 0 Å². The molecular weight excluding hydrogens is 232 g/mol. The zero-order valence-electron chi connectivity index (χ0n) is 11.0. The van der Waals surface area contributed by atoms with Gasteiger partial charge in [-0.05, 0) is 30.5 Å². The van der Waals surface area contributed by atoms with Gasteiger partial charge in [-0.1, -0.05) is 42.8 Å². The average molecular weight is 250 g/mol. The van der Waals surface area contributed by atoms with Gasteiger partial charge in [0.15, 0.2) is 0 Å². The molecule has 96 valence electrons. The first-order chi connectivity index (χ1) is 9.42. The molecular formula is C17H18N2. The van der Waals surface area contributed by atoms with Crippen LogP contribution in [0.5, 0.6) is 0 Å². The molecule has 0 spiro atoms. The van der Waals surface area contributed by atoms with Crippen molar-refractivity contribution in [1.82, 2.24) is 4.98 Å². The Bertz CT molecular complexity index is 474. The van der Waals surface area contributed by atoms with Gasteiger partial charge >= 0.3 is 0 Å². The van der Waals surface area contributed by atoms with E-state index in [0.29, 0.717) is 12.3 Å². The fourth-order valence-corrected chi connectivity index (χ4v) is 2.31. The van der Waals surface area contributed by atoms with E-state index in [2.05, 4.69) is 41.4 Å². The van der Waals surface area contributed by atoms with Crippen molar-refractivity contribution >= 4 is 0 Å². The van der Waals surface area contributed by atoms with E-state index in [4.69, 9.17) is 5.26 Å². The quantitative estimate of drug-likeness (QED) is 0.717. The number of pyridine rings is 1. The minimum absolute atomic E-state index is 0.334. The minimum atomic E-state index is 0.334. The van der Waals surface area contributed by atoms with Crippen molar-refractivity contribution in [3.63, 3.8) is 0 Å². The van der Waals surface area contributed by atoms with Crippen molar-refractivity contribution in [2.24, 2.45) is 0 Å². The highest BCUT2D eigenvalue weighted by molar-refractivity contribution is 5.28. The van der Waals surface area contributed by atoms with Crippen LogP contribution in [0.1, 0.15) is 42.9 Å². The number of hydrogen-bond donors (Lipinski definition) is 0. The normalized spacial score (nSPS) is 11.7. The van der Waals surface area contributed by atoms with E-state index in [1.807, 2.05) is 24.4 Å². The first-order valence-corrected chi connectivity index (χ1v) is 6.74. The van der Waals surface area contributed by atoms with E-state index in [-0.39, 0.29) is 0 Å². The van der Waals surface area contributed by atoms with Gasteiger partial charge in [0.05, 0.1) is 6.07 Å². The van der Waals surface area contributed by atoms with E-state index in [1.54, 1.807) is 0 Å². The maximum absolute atomic E-state index is 8.60. The number of unbranched alkanes of at least 4 members (excludes halogenated alkanes) is 2. The van der Waals surface area contributed by atoms with Crippen molar-refractivity contribution < 1.29 is 0 Å². The van der Waals surface area contributed by atoms with Crippen molar-refractivity contribution in [2.75, 3.05) is 0 Å². The lowest BCUT2D eigenvalue weighted by atomic mass is 9.90. The summed E-state index contributed by atoms with van der Waals surface area (Å²) in [5.74, 6) is 0.334. The molecule has 0 aliphatic rings. The van der Waals surface area contributed by atoms with Crippen LogP contribution in [0.4, 0.5) is 0 Å². The lowest BCUT2D eigenvalue weighted by Gasteiger charge is -2.16. The molecule has 1 unspecified atom stereocenters. The summed E-state index contributed by atoms with van der Waals surface area (Å²) < 4.78 is 0. The Hall–Kier alpha value is -2.14. The fraction of sp³-hybridized carbons (Fsp3) is 0.294. The molecule has 2 rings (SSSR count). The number of nitriles is 1. The first-order valence-electron chi connectivity index (χ1n) is 6.74. The Morgan fingerprint density at radius 3 is 2.47 bits per heavy atom. The van der Waals surface area contributed by atoms with E-state index in [1.165, 1.54) is 5.56 Å². The van der Waals surface area contributed by atoms with Gasteiger partial charge in [0, 0.05) is 24.2 Å². The van der Waals surface area contributed by atoms with Crippen LogP contribution in [0.2, 0.25) is 0 Å². The van der Waals surface area contributed by atoms with Gasteiger partial charge in [0.1, 0.15) is 0 Å². The summed E-state index contributed by atoms with van der Waals surface area (Å²) in [4.78, 5) is 4.49. The van der Waals surface area contributed by atoms with Gasteiger partial charge in [0.2, 0.25) is 0 Å². The lowest BCUT2D eigenvalue weighted by molar-refractivity contribution is 0.623. The SMILES string of the molecule is N#CCCCCC(c1ccccc1)c1ccccn1. The molecule has 19 heavy (non-hydrogen) atoms. The van der Waals surface area contributed by atoms with Crippen LogP contribution >= 0.6 is 0 Å². The molecule has 1 aromatic carbocycles. The number of aromatic nitrogens is 1. The summed E-state index contributed by atoms with van der Waals surface area (Å²) in [6.07, 6.45) is 5.56. The summed E-state index contributed by atoms with van der Waals surface area (Å²) in [6, 6.07) is 18.8. The third-order valence-electron chi connectivity index (χ3n) is 3.28. The molecule has 0 radical (unpaired) electrons. The summed E-state index contributed by atoms with van der Waals surface area (Å²) in [7, 11) is 0. The molecule has 0 bridgehead atoms. The topological polar surface area (TPSA) is 36.7 Å². The van der Waals surface area contributed by atoms with Gasteiger partial charge in [0.25, 0.3) is 0 Å². The van der Waals surface area contributed by atoms with Gasteiger partial charge in [-0.2, -0.15) is 5.26 Å². The molecule has 0 fully saturated rings. The Balaban J connectivity index is 2.13. The van der Waals surface area contributed by atoms with Crippen LogP contribution in [-0.2, 0) is 0 Å². The highest BCUT2D eigenvalue weighted by Crippen LogP contribution is 2.28. The first kappa shape index (κ1) is 13.3. The van der Waals surface area contributed by atoms with Crippen LogP contribution < -0.4 is 0 Å². The van der Waals surface area contributed by atoms with E-state index < -0.39 is 0 Å². The second kappa shape index (κ2) is 7.33. The zero-order valence-corrected chi connectivity index (χ0v) is 11.0. The molecule has 0 aliphatic carbocycles. The Labute approximate surface area is 114 Å². The molecule has 0 amide bonds. The Morgan fingerprint density at radius 2 is 1.79 bits per heavy atom. The van der Waals surface area contributed by atoms with Gasteiger partial charge in [-0.25, -0.2) is 0 Å². The van der Waals surface area contributed by atoms with Crippen molar-refractivity contribution in [3.05, 3.63) is 66.0 Å². The monoisotopic (exact) mass is 250 g/mol. The second-order valence-electron chi connectivity index (χ2n) is 4.62. The van der Waals surface area contributed by atoms with Crippen LogP contribution in [0.25, 0.3) is 0 Å². The summed E-state index contributed by atoms with van der Waals surface area (Å²) in [5.41, 5.74) is 2.42. The summed E-state index contributed by atoms with van der Waals surface area (Å²) in [5, 5.41) is 8.60. The number of rotatable bonds is 6. The summed E-state index contributed by atoms with van der Waals surface area (Å²) in [6.45, 7) is 0. The van der Waals surface area contributed by atoms with Crippen LogP contribution in [0, 0.1) is 11.3 Å². The molecule has 1 aromatic heterocycles. The average Bonchev–Trinajstić information content (AvgIpc) is 2.49. The van der Waals surface area contributed by atoms with E-state index >= 15 is 0 Å². The molecule has 0 aliphatic heterocycles. The highest BCUT2D eigenvalue weighted by Gasteiger charge is 2.14. The van der Waals surface area contributed by atoms with Crippen molar-refractivity contribution in [3.8, 4) is 6.07 Å². The fourth-order valence-electron chi connectivity index (χ4n) is 2.31. The maximum Gasteiger partial charge on any atom is 0.0621 e. The molecule has 1 heterocycles. The third-order valence-corrected chi connectivity index (χ3v) is 3.28. The van der Waals surface area contributed by atoms with Crippen molar-refractivity contribution in [1.29, 1.82) is 5.26 Å². The van der Waals surface area contributed by atoms with Crippen LogP contribution in [-0.4, -0.2) is 4.98 Å². The highest BCUT2D eigenvalue weighted by atomic mass is 14.7. The number of nitrogens with zero attached hydrogens (tertiary/aromatic N) is 2. The van der Waals surface area contributed by atoms with Gasteiger partial charge in [-0.15, -0.1) is 0 Å². The molecule has 0 saturated heterocycles. The van der Waals surface area contributed by atoms with E-state index in [9.17, 15) is 0 Å². The Morgan fingerprint density at radius 1 is 1.00 bits per heavy atom. The molecule has 0 saturated carbocycles. The summed E-state index contributed by atoms with van der Waals surface area (Å²) >= 11 is 0. The zero-order chi connectivity index (χ0) is 13.3. The van der Waals surface area contributed by atoms with Crippen LogP contribution in [0.15, 0.2) is 54.7 Å². The standard InChI is InChI=1S/C17H18N2/c18-13-7-2-5-11-16(15-9-3-1-4-10-15)17-12-6-8-14-19-17/h1,3-4,6,8-10,12,14,16H,2,5,7,11H2.